The molecule has 1 aromatic carbocycles. The molecule has 1 aliphatic heterocycles. The number of nitrogens with zero attached hydrogens (tertiary/aromatic N) is 1. The van der Waals surface area contributed by atoms with E-state index in [1.54, 1.807) is 20.8 Å². The summed E-state index contributed by atoms with van der Waals surface area (Å²) in [5, 5.41) is -0.558. The van der Waals surface area contributed by atoms with Crippen molar-refractivity contribution in [3.8, 4) is 0 Å². The third kappa shape index (κ3) is 4.58. The van der Waals surface area contributed by atoms with E-state index in [2.05, 4.69) is 0 Å². The number of benzene rings is 1. The van der Waals surface area contributed by atoms with Crippen molar-refractivity contribution >= 4 is 15.7 Å². The van der Waals surface area contributed by atoms with Gasteiger partial charge in [0.05, 0.1) is 15.6 Å². The smallest absolute Gasteiger partial charge is 0.341 e. The number of alkyl halides is 3. The number of carbonyl (C=O) groups excluding carboxylic acids is 1. The second-order valence-corrected chi connectivity index (χ2v) is 10.6. The molecule has 1 amide bonds. The normalized spacial score (nSPS) is 19.0. The van der Waals surface area contributed by atoms with Crippen LogP contribution in [0.4, 0.5) is 13.2 Å². The minimum absolute atomic E-state index is 0.146. The van der Waals surface area contributed by atoms with Gasteiger partial charge in [0.15, 0.2) is 9.84 Å². The number of likely N-dealkylation sites (tertiary alicyclic amines) is 1. The van der Waals surface area contributed by atoms with Crippen molar-refractivity contribution in [3.05, 3.63) is 35.4 Å². The number of sulfone groups is 1. The van der Waals surface area contributed by atoms with Crippen LogP contribution in [0.5, 0.6) is 0 Å². The van der Waals surface area contributed by atoms with Crippen LogP contribution >= 0.6 is 0 Å². The van der Waals surface area contributed by atoms with Gasteiger partial charge in [-0.05, 0) is 51.3 Å². The Balaban J connectivity index is 1.92. The largest absolute Gasteiger partial charge is 0.416 e. The quantitative estimate of drug-likeness (QED) is 0.790. The van der Waals surface area contributed by atoms with Crippen molar-refractivity contribution in [2.24, 2.45) is 0 Å². The topological polar surface area (TPSA) is 54.5 Å². The standard InChI is InChI=1S/C18H24F3NO3S/c1-17(2,3)26(24,25)15-10-11-22(12-15)16(23)9-6-13-4-7-14(8-5-13)18(19,20)21/h4-5,7-8,15H,6,9-12H2,1-3H3/t15-/m1/s1. The number of hydrogen-bond donors (Lipinski definition) is 0. The molecule has 8 heteroatoms. The monoisotopic (exact) mass is 391 g/mol. The van der Waals surface area contributed by atoms with Gasteiger partial charge in [0.25, 0.3) is 0 Å². The van der Waals surface area contributed by atoms with Gasteiger partial charge in [-0.1, -0.05) is 12.1 Å². The van der Waals surface area contributed by atoms with Crippen molar-refractivity contribution in [1.29, 1.82) is 0 Å². The van der Waals surface area contributed by atoms with Gasteiger partial charge in [0.1, 0.15) is 0 Å². The Morgan fingerprint density at radius 2 is 1.73 bits per heavy atom. The Kier molecular flexibility index (Phi) is 5.75. The minimum Gasteiger partial charge on any atom is -0.341 e. The van der Waals surface area contributed by atoms with Crippen LogP contribution in [0.25, 0.3) is 0 Å². The fourth-order valence-corrected chi connectivity index (χ4v) is 4.77. The van der Waals surface area contributed by atoms with Gasteiger partial charge in [-0.25, -0.2) is 8.42 Å². The van der Waals surface area contributed by atoms with Crippen LogP contribution in [-0.4, -0.2) is 42.3 Å². The third-order valence-corrected chi connectivity index (χ3v) is 7.67. The van der Waals surface area contributed by atoms with Crippen LogP contribution in [-0.2, 0) is 27.2 Å². The summed E-state index contributed by atoms with van der Waals surface area (Å²) in [7, 11) is -3.33. The molecule has 1 atom stereocenters. The van der Waals surface area contributed by atoms with E-state index < -0.39 is 31.6 Å². The highest BCUT2D eigenvalue weighted by atomic mass is 32.2. The zero-order chi connectivity index (χ0) is 19.8. The van der Waals surface area contributed by atoms with E-state index >= 15 is 0 Å². The highest BCUT2D eigenvalue weighted by Gasteiger charge is 2.41. The highest BCUT2D eigenvalue weighted by Crippen LogP contribution is 2.30. The second-order valence-electron chi connectivity index (χ2n) is 7.60. The molecule has 1 heterocycles. The zero-order valence-corrected chi connectivity index (χ0v) is 16.0. The Bertz CT molecular complexity index is 749. The van der Waals surface area contributed by atoms with E-state index in [4.69, 9.17) is 0 Å². The van der Waals surface area contributed by atoms with Gasteiger partial charge in [-0.2, -0.15) is 13.2 Å². The first-order valence-corrected chi connectivity index (χ1v) is 10.0. The average molecular weight is 391 g/mol. The lowest BCUT2D eigenvalue weighted by molar-refractivity contribution is -0.137. The molecule has 1 saturated heterocycles. The molecular weight excluding hydrogens is 367 g/mol. The molecule has 1 aliphatic rings. The number of amides is 1. The average Bonchev–Trinajstić information content (AvgIpc) is 3.01. The Morgan fingerprint density at radius 3 is 2.23 bits per heavy atom. The molecule has 1 aromatic rings. The van der Waals surface area contributed by atoms with Gasteiger partial charge in [-0.15, -0.1) is 0 Å². The molecule has 26 heavy (non-hydrogen) atoms. The number of rotatable bonds is 4. The predicted octanol–water partition coefficient (Wildman–Crippen LogP) is 3.45. The van der Waals surface area contributed by atoms with Crippen molar-refractivity contribution in [2.75, 3.05) is 13.1 Å². The van der Waals surface area contributed by atoms with Crippen LogP contribution in [0.2, 0.25) is 0 Å². The van der Waals surface area contributed by atoms with Crippen LogP contribution in [0.3, 0.4) is 0 Å². The molecule has 2 rings (SSSR count). The SMILES string of the molecule is CC(C)(C)S(=O)(=O)[C@@H]1CCN(C(=O)CCc2ccc(C(F)(F)F)cc2)C1. The van der Waals surface area contributed by atoms with Crippen molar-refractivity contribution < 1.29 is 26.4 Å². The molecule has 4 nitrogen and oxygen atoms in total. The van der Waals surface area contributed by atoms with Crippen molar-refractivity contribution in [1.82, 2.24) is 4.90 Å². The third-order valence-electron chi connectivity index (χ3n) is 4.70. The molecule has 0 spiro atoms. The van der Waals surface area contributed by atoms with E-state index in [1.165, 1.54) is 17.0 Å². The predicted molar refractivity (Wildman–Crippen MR) is 93.4 cm³/mol. The number of hydrogen-bond acceptors (Lipinski definition) is 3. The number of aryl methyl sites for hydroxylation is 1. The molecule has 0 bridgehead atoms. The highest BCUT2D eigenvalue weighted by molar-refractivity contribution is 7.93. The summed E-state index contributed by atoms with van der Waals surface area (Å²) in [6.45, 7) is 5.53. The first-order valence-electron chi connectivity index (χ1n) is 8.50. The summed E-state index contributed by atoms with van der Waals surface area (Å²) < 4.78 is 61.7. The molecule has 0 saturated carbocycles. The van der Waals surface area contributed by atoms with Gasteiger partial charge >= 0.3 is 6.18 Å². The van der Waals surface area contributed by atoms with Crippen LogP contribution in [0.15, 0.2) is 24.3 Å². The fraction of sp³-hybridized carbons (Fsp3) is 0.611. The van der Waals surface area contributed by atoms with Gasteiger partial charge in [0.2, 0.25) is 5.91 Å². The lowest BCUT2D eigenvalue weighted by Gasteiger charge is -2.24. The minimum atomic E-state index is -4.38. The maximum atomic E-state index is 12.5. The van der Waals surface area contributed by atoms with E-state index in [0.717, 1.165) is 12.1 Å². The molecule has 0 aliphatic carbocycles. The van der Waals surface area contributed by atoms with Gasteiger partial charge in [-0.3, -0.25) is 4.79 Å². The molecule has 1 fully saturated rings. The molecule has 0 radical (unpaired) electrons. The molecule has 0 N–H and O–H groups in total. The van der Waals surface area contributed by atoms with E-state index in [-0.39, 0.29) is 18.9 Å². The Hall–Kier alpha value is -1.57. The Labute approximate surface area is 152 Å². The van der Waals surface area contributed by atoms with Gasteiger partial charge in [0, 0.05) is 19.5 Å². The maximum Gasteiger partial charge on any atom is 0.416 e. The fourth-order valence-electron chi connectivity index (χ4n) is 2.98. The van der Waals surface area contributed by atoms with E-state index in [0.29, 0.717) is 24.9 Å². The summed E-state index contributed by atoms with van der Waals surface area (Å²) in [5.74, 6) is -0.170. The number of halogens is 3. The van der Waals surface area contributed by atoms with Gasteiger partial charge < -0.3 is 4.90 Å². The summed E-state index contributed by atoms with van der Waals surface area (Å²) >= 11 is 0. The molecular formula is C18H24F3NO3S. The number of carbonyl (C=O) groups is 1. The molecule has 146 valence electrons. The maximum absolute atomic E-state index is 12.5. The summed E-state index contributed by atoms with van der Waals surface area (Å²) in [4.78, 5) is 13.9. The van der Waals surface area contributed by atoms with Crippen LogP contribution in [0.1, 0.15) is 44.7 Å². The van der Waals surface area contributed by atoms with Crippen molar-refractivity contribution in [2.45, 2.75) is 56.2 Å². The zero-order valence-electron chi connectivity index (χ0n) is 15.1. The lowest BCUT2D eigenvalue weighted by Crippen LogP contribution is -2.39. The summed E-state index contributed by atoms with van der Waals surface area (Å²) in [6.07, 6.45) is -3.49. The lowest BCUT2D eigenvalue weighted by atomic mass is 10.1. The summed E-state index contributed by atoms with van der Waals surface area (Å²) in [5.41, 5.74) is -0.0771. The van der Waals surface area contributed by atoms with Crippen LogP contribution < -0.4 is 0 Å². The molecule has 0 unspecified atom stereocenters. The van der Waals surface area contributed by atoms with E-state index in [1.807, 2.05) is 0 Å². The van der Waals surface area contributed by atoms with E-state index in [9.17, 15) is 26.4 Å². The summed E-state index contributed by atoms with van der Waals surface area (Å²) in [6, 6.07) is 4.74. The molecule has 0 aromatic heterocycles. The van der Waals surface area contributed by atoms with Crippen LogP contribution in [0, 0.1) is 0 Å². The first kappa shape index (κ1) is 20.7. The second kappa shape index (κ2) is 7.21. The Morgan fingerprint density at radius 1 is 1.15 bits per heavy atom. The van der Waals surface area contributed by atoms with Crippen molar-refractivity contribution in [3.63, 3.8) is 0 Å². The first-order chi connectivity index (χ1) is 11.8.